The first-order valence-electron chi connectivity index (χ1n) is 6.59. The van der Waals surface area contributed by atoms with Gasteiger partial charge in [-0.1, -0.05) is 19.4 Å². The van der Waals surface area contributed by atoms with E-state index in [9.17, 15) is 14.7 Å². The number of ether oxygens (including phenoxy) is 1. The van der Waals surface area contributed by atoms with Gasteiger partial charge in [-0.2, -0.15) is 0 Å². The summed E-state index contributed by atoms with van der Waals surface area (Å²) < 4.78 is 5.11. The van der Waals surface area contributed by atoms with Gasteiger partial charge in [0, 0.05) is 0 Å². The van der Waals surface area contributed by atoms with E-state index in [-0.39, 0.29) is 11.3 Å². The molecule has 0 saturated heterocycles. The first-order chi connectivity index (χ1) is 9.23. The van der Waals surface area contributed by atoms with Crippen LogP contribution in [0.1, 0.15) is 50.0 Å². The SMILES string of the molecule is CCCc1ccc(NC(=O)OC(C)(C)C)c(C(=O)O)c1. The third-order valence-corrected chi connectivity index (χ3v) is 2.49. The van der Waals surface area contributed by atoms with Crippen molar-refractivity contribution >= 4 is 17.7 Å². The number of carbonyl (C=O) groups excluding carboxylic acids is 1. The number of carbonyl (C=O) groups is 2. The van der Waals surface area contributed by atoms with Crippen LogP contribution in [0.2, 0.25) is 0 Å². The second kappa shape index (κ2) is 6.41. The Morgan fingerprint density at radius 2 is 1.95 bits per heavy atom. The zero-order chi connectivity index (χ0) is 15.3. The highest BCUT2D eigenvalue weighted by Crippen LogP contribution is 2.20. The van der Waals surface area contributed by atoms with Crippen molar-refractivity contribution in [2.75, 3.05) is 5.32 Å². The molecule has 2 N–H and O–H groups in total. The molecule has 110 valence electrons. The highest BCUT2D eigenvalue weighted by atomic mass is 16.6. The van der Waals surface area contributed by atoms with Crippen molar-refractivity contribution < 1.29 is 19.4 Å². The van der Waals surface area contributed by atoms with Crippen LogP contribution in [0.3, 0.4) is 0 Å². The zero-order valence-corrected chi connectivity index (χ0v) is 12.3. The number of hydrogen-bond acceptors (Lipinski definition) is 3. The minimum Gasteiger partial charge on any atom is -0.478 e. The summed E-state index contributed by atoms with van der Waals surface area (Å²) in [6.07, 6.45) is 1.06. The van der Waals surface area contributed by atoms with E-state index < -0.39 is 17.7 Å². The molecule has 0 radical (unpaired) electrons. The van der Waals surface area contributed by atoms with Crippen LogP contribution in [-0.2, 0) is 11.2 Å². The number of carboxylic acids is 1. The average Bonchev–Trinajstić information content (AvgIpc) is 2.28. The normalized spacial score (nSPS) is 11.0. The molecule has 0 aliphatic carbocycles. The van der Waals surface area contributed by atoms with Crippen LogP contribution < -0.4 is 5.32 Å². The predicted octanol–water partition coefficient (Wildman–Crippen LogP) is 3.68. The van der Waals surface area contributed by atoms with Crippen LogP contribution in [0.15, 0.2) is 18.2 Å². The van der Waals surface area contributed by atoms with Crippen molar-refractivity contribution in [3.63, 3.8) is 0 Å². The Morgan fingerprint density at radius 3 is 2.45 bits per heavy atom. The highest BCUT2D eigenvalue weighted by molar-refractivity contribution is 5.99. The van der Waals surface area contributed by atoms with Gasteiger partial charge in [-0.3, -0.25) is 5.32 Å². The van der Waals surface area contributed by atoms with Gasteiger partial charge >= 0.3 is 12.1 Å². The number of carboxylic acid groups (broad SMARTS) is 1. The quantitative estimate of drug-likeness (QED) is 0.881. The number of aryl methyl sites for hydroxylation is 1. The van der Waals surface area contributed by atoms with Gasteiger partial charge in [-0.05, 0) is 44.9 Å². The maximum Gasteiger partial charge on any atom is 0.412 e. The Hall–Kier alpha value is -2.04. The molecule has 0 atom stereocenters. The Labute approximate surface area is 118 Å². The molecule has 0 aliphatic rings. The van der Waals surface area contributed by atoms with Crippen molar-refractivity contribution in [2.24, 2.45) is 0 Å². The molecule has 0 aliphatic heterocycles. The summed E-state index contributed by atoms with van der Waals surface area (Å²) >= 11 is 0. The minimum absolute atomic E-state index is 0.0711. The van der Waals surface area contributed by atoms with E-state index in [2.05, 4.69) is 5.32 Å². The molecule has 0 heterocycles. The van der Waals surface area contributed by atoms with Crippen LogP contribution in [0, 0.1) is 0 Å². The molecule has 5 nitrogen and oxygen atoms in total. The lowest BCUT2D eigenvalue weighted by Gasteiger charge is -2.20. The maximum atomic E-state index is 11.7. The molecular formula is C15H21NO4. The molecule has 1 amide bonds. The van der Waals surface area contributed by atoms with Crippen LogP contribution in [-0.4, -0.2) is 22.8 Å². The largest absolute Gasteiger partial charge is 0.478 e. The standard InChI is InChI=1S/C15H21NO4/c1-5-6-10-7-8-12(11(9-10)13(17)18)16-14(19)20-15(2,3)4/h7-9H,5-6H2,1-4H3,(H,16,19)(H,17,18). The molecule has 0 saturated carbocycles. The van der Waals surface area contributed by atoms with Gasteiger partial charge in [0.05, 0.1) is 11.3 Å². The van der Waals surface area contributed by atoms with E-state index in [1.165, 1.54) is 0 Å². The van der Waals surface area contributed by atoms with Crippen LogP contribution >= 0.6 is 0 Å². The summed E-state index contributed by atoms with van der Waals surface area (Å²) in [5.41, 5.74) is 0.614. The number of anilines is 1. The Morgan fingerprint density at radius 1 is 1.30 bits per heavy atom. The Kier molecular flexibility index (Phi) is 5.13. The van der Waals surface area contributed by atoms with Crippen molar-refractivity contribution in [3.8, 4) is 0 Å². The third kappa shape index (κ3) is 4.91. The van der Waals surface area contributed by atoms with E-state index in [1.54, 1.807) is 32.9 Å². The molecule has 0 spiro atoms. The lowest BCUT2D eigenvalue weighted by molar-refractivity contribution is 0.0636. The van der Waals surface area contributed by atoms with E-state index in [0.717, 1.165) is 18.4 Å². The van der Waals surface area contributed by atoms with Gasteiger partial charge in [-0.25, -0.2) is 9.59 Å². The molecular weight excluding hydrogens is 258 g/mol. The van der Waals surface area contributed by atoms with Gasteiger partial charge in [0.2, 0.25) is 0 Å². The molecule has 0 bridgehead atoms. The summed E-state index contributed by atoms with van der Waals surface area (Å²) in [6, 6.07) is 4.99. The molecule has 1 aromatic carbocycles. The van der Waals surface area contributed by atoms with E-state index in [0.29, 0.717) is 0 Å². The zero-order valence-electron chi connectivity index (χ0n) is 12.3. The summed E-state index contributed by atoms with van der Waals surface area (Å²) in [4.78, 5) is 22.9. The second-order valence-electron chi connectivity index (χ2n) is 5.56. The molecule has 0 fully saturated rings. The molecule has 20 heavy (non-hydrogen) atoms. The smallest absolute Gasteiger partial charge is 0.412 e. The first kappa shape index (κ1) is 16.0. The fourth-order valence-corrected chi connectivity index (χ4v) is 1.74. The molecule has 0 aromatic heterocycles. The van der Waals surface area contributed by atoms with Gasteiger partial charge in [0.1, 0.15) is 5.60 Å². The number of amides is 1. The average molecular weight is 279 g/mol. The number of nitrogens with one attached hydrogen (secondary N) is 1. The molecule has 0 unspecified atom stereocenters. The second-order valence-corrected chi connectivity index (χ2v) is 5.56. The van der Waals surface area contributed by atoms with Gasteiger partial charge < -0.3 is 9.84 Å². The Bertz CT molecular complexity index is 503. The van der Waals surface area contributed by atoms with Gasteiger partial charge in [-0.15, -0.1) is 0 Å². The number of benzene rings is 1. The van der Waals surface area contributed by atoms with E-state index in [1.807, 2.05) is 13.0 Å². The number of hydrogen-bond donors (Lipinski definition) is 2. The Balaban J connectivity index is 2.94. The number of aromatic carboxylic acids is 1. The lowest BCUT2D eigenvalue weighted by Crippen LogP contribution is -2.27. The summed E-state index contributed by atoms with van der Waals surface area (Å²) in [5.74, 6) is -1.07. The topological polar surface area (TPSA) is 75.6 Å². The van der Waals surface area contributed by atoms with E-state index in [4.69, 9.17) is 4.74 Å². The fraction of sp³-hybridized carbons (Fsp3) is 0.467. The minimum atomic E-state index is -1.07. The van der Waals surface area contributed by atoms with E-state index >= 15 is 0 Å². The first-order valence-corrected chi connectivity index (χ1v) is 6.59. The van der Waals surface area contributed by atoms with Crippen molar-refractivity contribution in [1.82, 2.24) is 0 Å². The van der Waals surface area contributed by atoms with Gasteiger partial charge in [0.15, 0.2) is 0 Å². The van der Waals surface area contributed by atoms with Crippen molar-refractivity contribution in [1.29, 1.82) is 0 Å². The summed E-state index contributed by atoms with van der Waals surface area (Å²) in [5, 5.41) is 11.7. The van der Waals surface area contributed by atoms with Crippen LogP contribution in [0.5, 0.6) is 0 Å². The maximum absolute atomic E-state index is 11.7. The predicted molar refractivity (Wildman–Crippen MR) is 77.3 cm³/mol. The molecule has 5 heteroatoms. The molecule has 1 aromatic rings. The monoisotopic (exact) mass is 279 g/mol. The van der Waals surface area contributed by atoms with Crippen molar-refractivity contribution in [3.05, 3.63) is 29.3 Å². The van der Waals surface area contributed by atoms with Crippen LogP contribution in [0.4, 0.5) is 10.5 Å². The summed E-state index contributed by atoms with van der Waals surface area (Å²) in [6.45, 7) is 7.26. The molecule has 1 rings (SSSR count). The van der Waals surface area contributed by atoms with Gasteiger partial charge in [0.25, 0.3) is 0 Å². The van der Waals surface area contributed by atoms with Crippen LogP contribution in [0.25, 0.3) is 0 Å². The highest BCUT2D eigenvalue weighted by Gasteiger charge is 2.19. The lowest BCUT2D eigenvalue weighted by atomic mass is 10.1. The summed E-state index contributed by atoms with van der Waals surface area (Å²) in [7, 11) is 0. The fourth-order valence-electron chi connectivity index (χ4n) is 1.74. The third-order valence-electron chi connectivity index (χ3n) is 2.49. The number of rotatable bonds is 4. The van der Waals surface area contributed by atoms with Crippen molar-refractivity contribution in [2.45, 2.75) is 46.1 Å².